The Bertz CT molecular complexity index is 1810. The van der Waals surface area contributed by atoms with Crippen molar-refractivity contribution in [3.05, 3.63) is 88.0 Å². The van der Waals surface area contributed by atoms with E-state index in [9.17, 15) is 9.59 Å². The maximum Gasteiger partial charge on any atom is 0.287 e. The minimum Gasteiger partial charge on any atom is -0.335 e. The van der Waals surface area contributed by atoms with Crippen molar-refractivity contribution in [3.63, 3.8) is 0 Å². The van der Waals surface area contributed by atoms with Crippen LogP contribution in [0.25, 0.3) is 22.2 Å². The van der Waals surface area contributed by atoms with E-state index in [1.807, 2.05) is 65.0 Å². The molecule has 0 radical (unpaired) electrons. The lowest BCUT2D eigenvalue weighted by Gasteiger charge is -2.30. The summed E-state index contributed by atoms with van der Waals surface area (Å²) in [6.07, 6.45) is 0. The molecule has 7 rings (SSSR count). The Morgan fingerprint density at radius 1 is 0.949 bits per heavy atom. The number of anilines is 3. The predicted molar refractivity (Wildman–Crippen MR) is 150 cm³/mol. The van der Waals surface area contributed by atoms with Crippen molar-refractivity contribution in [1.82, 2.24) is 29.4 Å². The number of nitrogens with zero attached hydrogens (tertiary/aromatic N) is 6. The molecule has 10 nitrogen and oxygen atoms in total. The Labute approximate surface area is 224 Å². The normalized spacial score (nSPS) is 15.4. The molecule has 2 N–H and O–H groups in total. The number of aromatic nitrogens is 5. The van der Waals surface area contributed by atoms with E-state index in [1.165, 1.54) is 0 Å². The van der Waals surface area contributed by atoms with Gasteiger partial charge < -0.3 is 14.8 Å². The largest absolute Gasteiger partial charge is 0.335 e. The fourth-order valence-electron chi connectivity index (χ4n) is 5.72. The minimum atomic E-state index is -0.324. The van der Waals surface area contributed by atoms with Gasteiger partial charge in [-0.1, -0.05) is 30.3 Å². The molecule has 0 saturated heterocycles. The Morgan fingerprint density at radius 3 is 2.72 bits per heavy atom. The van der Waals surface area contributed by atoms with Crippen LogP contribution in [0.1, 0.15) is 21.7 Å². The van der Waals surface area contributed by atoms with Crippen LogP contribution in [0, 0.1) is 6.92 Å². The van der Waals surface area contributed by atoms with Crippen LogP contribution in [-0.4, -0.2) is 55.5 Å². The lowest BCUT2D eigenvalue weighted by Crippen LogP contribution is -2.40. The highest BCUT2D eigenvalue weighted by Crippen LogP contribution is 2.33. The van der Waals surface area contributed by atoms with E-state index in [0.29, 0.717) is 36.0 Å². The first-order valence-corrected chi connectivity index (χ1v) is 13.1. The van der Waals surface area contributed by atoms with Crippen LogP contribution in [0.5, 0.6) is 0 Å². The van der Waals surface area contributed by atoms with Gasteiger partial charge in [0, 0.05) is 54.4 Å². The van der Waals surface area contributed by atoms with E-state index in [1.54, 1.807) is 6.07 Å². The van der Waals surface area contributed by atoms with E-state index in [-0.39, 0.29) is 11.5 Å². The van der Waals surface area contributed by atoms with Crippen molar-refractivity contribution >= 4 is 34.0 Å². The van der Waals surface area contributed by atoms with Gasteiger partial charge in [-0.25, -0.2) is 5.10 Å². The number of para-hydroxylation sites is 1. The van der Waals surface area contributed by atoms with Gasteiger partial charge in [0.25, 0.3) is 11.5 Å². The second kappa shape index (κ2) is 8.95. The third kappa shape index (κ3) is 3.91. The molecular formula is C29H28N8O2. The molecule has 2 aliphatic heterocycles. The number of rotatable bonds is 4. The molecule has 3 aromatic heterocycles. The second-order valence-corrected chi connectivity index (χ2v) is 10.2. The number of benzene rings is 2. The average molecular weight is 521 g/mol. The topological polar surface area (TPSA) is 104 Å². The monoisotopic (exact) mass is 520 g/mol. The summed E-state index contributed by atoms with van der Waals surface area (Å²) in [4.78, 5) is 30.3. The van der Waals surface area contributed by atoms with Gasteiger partial charge in [0.1, 0.15) is 11.4 Å². The third-order valence-corrected chi connectivity index (χ3v) is 7.75. The SMILES string of the molecule is Cc1c(-c2cc(Nc3cc4n(n3)CCN(C)C4)c(=O)[nH]n2)cccc1N1CCn2c(cc3ccccc32)C1=O. The zero-order valence-corrected chi connectivity index (χ0v) is 21.8. The summed E-state index contributed by atoms with van der Waals surface area (Å²) in [5.41, 5.74) is 6.12. The second-order valence-electron chi connectivity index (χ2n) is 10.2. The summed E-state index contributed by atoms with van der Waals surface area (Å²) >= 11 is 0. The van der Waals surface area contributed by atoms with Crippen molar-refractivity contribution in [3.8, 4) is 11.3 Å². The molecule has 1 amide bonds. The Balaban J connectivity index is 1.21. The fourth-order valence-corrected chi connectivity index (χ4v) is 5.72. The van der Waals surface area contributed by atoms with Crippen LogP contribution in [0.2, 0.25) is 0 Å². The van der Waals surface area contributed by atoms with Gasteiger partial charge in [0.05, 0.1) is 17.9 Å². The number of hydrogen-bond acceptors (Lipinski definition) is 6. The van der Waals surface area contributed by atoms with Crippen molar-refractivity contribution in [2.75, 3.05) is 30.4 Å². The van der Waals surface area contributed by atoms with E-state index in [0.717, 1.165) is 53.0 Å². The van der Waals surface area contributed by atoms with Gasteiger partial charge >= 0.3 is 0 Å². The highest BCUT2D eigenvalue weighted by atomic mass is 16.2. The number of carbonyl (C=O) groups is 1. The number of amides is 1. The van der Waals surface area contributed by atoms with Crippen molar-refractivity contribution in [1.29, 1.82) is 0 Å². The smallest absolute Gasteiger partial charge is 0.287 e. The van der Waals surface area contributed by atoms with Gasteiger partial charge in [-0.3, -0.25) is 19.2 Å². The maximum atomic E-state index is 13.6. The third-order valence-electron chi connectivity index (χ3n) is 7.75. The van der Waals surface area contributed by atoms with Gasteiger partial charge in [-0.2, -0.15) is 10.2 Å². The van der Waals surface area contributed by atoms with E-state index in [2.05, 4.69) is 43.2 Å². The maximum absolute atomic E-state index is 13.6. The number of nitrogens with one attached hydrogen (secondary N) is 2. The molecule has 0 bridgehead atoms. The van der Waals surface area contributed by atoms with E-state index in [4.69, 9.17) is 0 Å². The summed E-state index contributed by atoms with van der Waals surface area (Å²) in [6, 6.07) is 19.6. The van der Waals surface area contributed by atoms with Crippen LogP contribution < -0.4 is 15.8 Å². The molecule has 0 atom stereocenters. The molecule has 5 aromatic rings. The molecule has 0 spiro atoms. The first kappa shape index (κ1) is 23.4. The molecular weight excluding hydrogens is 492 g/mol. The Kier molecular flexibility index (Phi) is 5.38. The first-order valence-electron chi connectivity index (χ1n) is 13.1. The van der Waals surface area contributed by atoms with Crippen LogP contribution in [0.15, 0.2) is 65.5 Å². The van der Waals surface area contributed by atoms with Crippen molar-refractivity contribution in [2.24, 2.45) is 0 Å². The molecule has 5 heterocycles. The lowest BCUT2D eigenvalue weighted by atomic mass is 10.0. The summed E-state index contributed by atoms with van der Waals surface area (Å²) < 4.78 is 4.07. The Morgan fingerprint density at radius 2 is 1.82 bits per heavy atom. The van der Waals surface area contributed by atoms with Gasteiger partial charge in [0.15, 0.2) is 5.82 Å². The van der Waals surface area contributed by atoms with E-state index < -0.39 is 0 Å². The van der Waals surface area contributed by atoms with Crippen molar-refractivity contribution < 1.29 is 4.79 Å². The number of likely N-dealkylation sites (N-methyl/N-ethyl adjacent to an activating group) is 1. The first-order chi connectivity index (χ1) is 19.0. The van der Waals surface area contributed by atoms with Crippen LogP contribution in [0.3, 0.4) is 0 Å². The summed E-state index contributed by atoms with van der Waals surface area (Å²) in [7, 11) is 2.08. The number of aromatic amines is 1. The number of fused-ring (bicyclic) bond motifs is 4. The number of hydrogen-bond donors (Lipinski definition) is 2. The molecule has 0 unspecified atom stereocenters. The standard InChI is InChI=1S/C29H28N8O2/c1-18-21(22-16-23(28(38)32-31-22)30-27-15-20-17-34(2)10-13-37(20)33-27)7-5-9-24(18)36-12-11-35-25-8-4-3-6-19(25)14-26(35)29(36)39/h3-9,14-16H,10-13,17H2,1-2H3,(H,32,38)(H,30,31,33). The molecule has 39 heavy (non-hydrogen) atoms. The molecule has 0 saturated carbocycles. The van der Waals surface area contributed by atoms with E-state index >= 15 is 0 Å². The average Bonchev–Trinajstić information content (AvgIpc) is 3.52. The zero-order chi connectivity index (χ0) is 26.7. The summed E-state index contributed by atoms with van der Waals surface area (Å²) in [5.74, 6) is 0.603. The summed E-state index contributed by atoms with van der Waals surface area (Å²) in [5, 5.41) is 15.8. The minimum absolute atomic E-state index is 0.0242. The zero-order valence-electron chi connectivity index (χ0n) is 21.8. The summed E-state index contributed by atoms with van der Waals surface area (Å²) in [6.45, 7) is 5.84. The van der Waals surface area contributed by atoms with Gasteiger partial charge in [-0.05, 0) is 43.8 Å². The molecule has 2 aromatic carbocycles. The quantitative estimate of drug-likeness (QED) is 0.374. The fraction of sp³-hybridized carbons (Fsp3) is 0.241. The van der Waals surface area contributed by atoms with Crippen molar-refractivity contribution in [2.45, 2.75) is 26.6 Å². The highest BCUT2D eigenvalue weighted by Gasteiger charge is 2.29. The number of carbonyl (C=O) groups excluding carboxylic acids is 1. The lowest BCUT2D eigenvalue weighted by molar-refractivity contribution is 0.0966. The molecule has 0 aliphatic carbocycles. The molecule has 10 heteroatoms. The number of H-pyrrole nitrogens is 1. The van der Waals surface area contributed by atoms with Crippen LogP contribution in [-0.2, 0) is 19.6 Å². The van der Waals surface area contributed by atoms with Crippen LogP contribution >= 0.6 is 0 Å². The Hall–Kier alpha value is -4.70. The van der Waals surface area contributed by atoms with Gasteiger partial charge in [-0.15, -0.1) is 0 Å². The molecule has 196 valence electrons. The van der Waals surface area contributed by atoms with Crippen LogP contribution in [0.4, 0.5) is 17.2 Å². The molecule has 2 aliphatic rings. The predicted octanol–water partition coefficient (Wildman–Crippen LogP) is 3.75. The highest BCUT2D eigenvalue weighted by molar-refractivity contribution is 6.09. The van der Waals surface area contributed by atoms with Gasteiger partial charge in [0.2, 0.25) is 0 Å². The molecule has 0 fully saturated rings.